The zero-order valence-corrected chi connectivity index (χ0v) is 18.7. The molecule has 29 heavy (non-hydrogen) atoms. The monoisotopic (exact) mass is 397 g/mol. The van der Waals surface area contributed by atoms with Crippen molar-refractivity contribution >= 4 is 11.6 Å². The third-order valence-corrected chi connectivity index (χ3v) is 5.93. The van der Waals surface area contributed by atoms with Crippen molar-refractivity contribution in [2.45, 2.75) is 47.5 Å². The predicted molar refractivity (Wildman–Crippen MR) is 120 cm³/mol. The lowest BCUT2D eigenvalue weighted by molar-refractivity contribution is 0.372. The fourth-order valence-corrected chi connectivity index (χ4v) is 4.17. The maximum atomic E-state index is 5.33. The van der Waals surface area contributed by atoms with E-state index in [-0.39, 0.29) is 5.92 Å². The Labute approximate surface area is 175 Å². The highest BCUT2D eigenvalue weighted by molar-refractivity contribution is 5.80. The third-order valence-electron chi connectivity index (χ3n) is 5.93. The average molecular weight is 398 g/mol. The zero-order valence-electron chi connectivity index (χ0n) is 18.7. The summed E-state index contributed by atoms with van der Waals surface area (Å²) in [6.07, 6.45) is 0. The van der Waals surface area contributed by atoms with Crippen LogP contribution in [-0.4, -0.2) is 55.3 Å². The Morgan fingerprint density at radius 3 is 2.52 bits per heavy atom. The summed E-state index contributed by atoms with van der Waals surface area (Å²) < 4.78 is 5.33. The second kappa shape index (κ2) is 9.33. The molecule has 0 aliphatic carbocycles. The van der Waals surface area contributed by atoms with Gasteiger partial charge in [0.25, 0.3) is 0 Å². The number of anilines is 1. The van der Waals surface area contributed by atoms with Crippen LogP contribution in [0.4, 0.5) is 5.69 Å². The maximum Gasteiger partial charge on any atom is 0.194 e. The van der Waals surface area contributed by atoms with Crippen LogP contribution in [0.2, 0.25) is 0 Å². The Hall–Kier alpha value is -2.50. The van der Waals surface area contributed by atoms with Gasteiger partial charge in [0.05, 0.1) is 5.69 Å². The largest absolute Gasteiger partial charge is 0.368 e. The van der Waals surface area contributed by atoms with Gasteiger partial charge in [0, 0.05) is 56.4 Å². The molecule has 1 fully saturated rings. The van der Waals surface area contributed by atoms with E-state index in [2.05, 4.69) is 66.2 Å². The molecule has 1 aliphatic rings. The van der Waals surface area contributed by atoms with Crippen molar-refractivity contribution in [1.82, 2.24) is 15.4 Å². The Balaban J connectivity index is 1.66. The Kier molecular flexibility index (Phi) is 6.83. The molecule has 3 rings (SSSR count). The van der Waals surface area contributed by atoms with Gasteiger partial charge in [-0.2, -0.15) is 0 Å². The zero-order chi connectivity index (χ0) is 21.0. The second-order valence-corrected chi connectivity index (χ2v) is 8.03. The highest BCUT2D eigenvalue weighted by atomic mass is 16.5. The van der Waals surface area contributed by atoms with Crippen molar-refractivity contribution in [3.8, 4) is 0 Å². The van der Waals surface area contributed by atoms with Crippen LogP contribution in [0.5, 0.6) is 0 Å². The normalized spacial score (nSPS) is 16.3. The first-order chi connectivity index (χ1) is 13.9. The Bertz CT molecular complexity index is 829. The minimum atomic E-state index is 0.283. The van der Waals surface area contributed by atoms with Crippen molar-refractivity contribution in [2.24, 2.45) is 4.99 Å². The number of piperazine rings is 1. The van der Waals surface area contributed by atoms with Crippen molar-refractivity contribution in [2.75, 3.05) is 44.2 Å². The minimum Gasteiger partial charge on any atom is -0.368 e. The molecule has 6 heteroatoms. The molecular weight excluding hydrogens is 362 g/mol. The van der Waals surface area contributed by atoms with Gasteiger partial charge in [-0.3, -0.25) is 4.99 Å². The second-order valence-electron chi connectivity index (χ2n) is 8.03. The summed E-state index contributed by atoms with van der Waals surface area (Å²) in [5, 5.41) is 7.56. The van der Waals surface area contributed by atoms with E-state index < -0.39 is 0 Å². The highest BCUT2D eigenvalue weighted by Crippen LogP contribution is 2.25. The number of rotatable bonds is 5. The van der Waals surface area contributed by atoms with Crippen molar-refractivity contribution in [1.29, 1.82) is 0 Å². The van der Waals surface area contributed by atoms with Crippen molar-refractivity contribution < 1.29 is 4.52 Å². The van der Waals surface area contributed by atoms with Crippen LogP contribution >= 0.6 is 0 Å². The van der Waals surface area contributed by atoms with Gasteiger partial charge in [-0.25, -0.2) is 0 Å². The molecule has 0 bridgehead atoms. The van der Waals surface area contributed by atoms with E-state index in [1.165, 1.54) is 22.4 Å². The average Bonchev–Trinajstić information content (AvgIpc) is 3.05. The van der Waals surface area contributed by atoms with Crippen LogP contribution in [-0.2, 0) is 0 Å². The SMILES string of the molecule is CCNC(=NCC(C)c1c(C)noc1C)N1CCN(c2cccc(C)c2C)CC1. The molecule has 1 atom stereocenters. The van der Waals surface area contributed by atoms with E-state index in [9.17, 15) is 0 Å². The molecule has 1 saturated heterocycles. The summed E-state index contributed by atoms with van der Waals surface area (Å²) in [7, 11) is 0. The summed E-state index contributed by atoms with van der Waals surface area (Å²) in [5.41, 5.74) is 6.25. The van der Waals surface area contributed by atoms with Crippen LogP contribution in [0.25, 0.3) is 0 Å². The fraction of sp³-hybridized carbons (Fsp3) is 0.565. The first-order valence-electron chi connectivity index (χ1n) is 10.7. The lowest BCUT2D eigenvalue weighted by Crippen LogP contribution is -2.52. The molecular formula is C23H35N5O. The molecule has 1 aromatic heterocycles. The first-order valence-corrected chi connectivity index (χ1v) is 10.7. The Morgan fingerprint density at radius 1 is 1.17 bits per heavy atom. The van der Waals surface area contributed by atoms with Crippen molar-refractivity contribution in [3.05, 3.63) is 46.3 Å². The number of guanidine groups is 1. The molecule has 1 unspecified atom stereocenters. The van der Waals surface area contributed by atoms with E-state index in [1.807, 2.05) is 13.8 Å². The van der Waals surface area contributed by atoms with Gasteiger partial charge in [-0.05, 0) is 51.8 Å². The number of hydrogen-bond donors (Lipinski definition) is 1. The van der Waals surface area contributed by atoms with Gasteiger partial charge in [-0.15, -0.1) is 0 Å². The van der Waals surface area contributed by atoms with Gasteiger partial charge < -0.3 is 19.6 Å². The maximum absolute atomic E-state index is 5.33. The summed E-state index contributed by atoms with van der Waals surface area (Å²) in [4.78, 5) is 9.82. The van der Waals surface area contributed by atoms with E-state index in [1.54, 1.807) is 0 Å². The van der Waals surface area contributed by atoms with Gasteiger partial charge in [-0.1, -0.05) is 24.2 Å². The lowest BCUT2D eigenvalue weighted by Gasteiger charge is -2.38. The number of aromatic nitrogens is 1. The molecule has 1 aromatic carbocycles. The molecule has 1 aliphatic heterocycles. The lowest BCUT2D eigenvalue weighted by atomic mass is 10.00. The number of aryl methyl sites for hydroxylation is 3. The molecule has 6 nitrogen and oxygen atoms in total. The van der Waals surface area contributed by atoms with Crippen LogP contribution < -0.4 is 10.2 Å². The summed E-state index contributed by atoms with van der Waals surface area (Å²) >= 11 is 0. The Morgan fingerprint density at radius 2 is 1.90 bits per heavy atom. The minimum absolute atomic E-state index is 0.283. The van der Waals surface area contributed by atoms with E-state index >= 15 is 0 Å². The van der Waals surface area contributed by atoms with Crippen LogP contribution in [0.1, 0.15) is 47.9 Å². The molecule has 158 valence electrons. The van der Waals surface area contributed by atoms with Crippen LogP contribution in [0.3, 0.4) is 0 Å². The molecule has 0 radical (unpaired) electrons. The smallest absolute Gasteiger partial charge is 0.194 e. The molecule has 0 saturated carbocycles. The number of benzene rings is 1. The van der Waals surface area contributed by atoms with E-state index in [0.717, 1.165) is 56.7 Å². The van der Waals surface area contributed by atoms with E-state index in [4.69, 9.17) is 9.52 Å². The third kappa shape index (κ3) is 4.74. The molecule has 0 spiro atoms. The molecule has 0 amide bonds. The standard InChI is InChI=1S/C23H35N5O/c1-7-24-23(25-15-17(3)22-19(5)26-29-20(22)6)28-13-11-27(12-14-28)21-10-8-9-16(2)18(21)4/h8-10,17H,7,11-15H2,1-6H3,(H,24,25). The molecule has 1 N–H and O–H groups in total. The van der Waals surface area contributed by atoms with Crippen molar-refractivity contribution in [3.63, 3.8) is 0 Å². The summed E-state index contributed by atoms with van der Waals surface area (Å²) in [5.74, 6) is 2.19. The number of hydrogen-bond acceptors (Lipinski definition) is 4. The predicted octanol–water partition coefficient (Wildman–Crippen LogP) is 3.80. The first kappa shape index (κ1) is 21.2. The fourth-order valence-electron chi connectivity index (χ4n) is 4.17. The van der Waals surface area contributed by atoms with Gasteiger partial charge in [0.1, 0.15) is 5.76 Å². The molecule has 2 heterocycles. The van der Waals surface area contributed by atoms with Crippen LogP contribution in [0.15, 0.2) is 27.7 Å². The van der Waals surface area contributed by atoms with E-state index in [0.29, 0.717) is 0 Å². The quantitative estimate of drug-likeness (QED) is 0.614. The van der Waals surface area contributed by atoms with Gasteiger partial charge in [0.15, 0.2) is 5.96 Å². The number of nitrogens with zero attached hydrogens (tertiary/aromatic N) is 4. The highest BCUT2D eigenvalue weighted by Gasteiger charge is 2.22. The summed E-state index contributed by atoms with van der Waals surface area (Å²) in [6, 6.07) is 6.58. The van der Waals surface area contributed by atoms with Gasteiger partial charge in [0.2, 0.25) is 0 Å². The van der Waals surface area contributed by atoms with Gasteiger partial charge >= 0.3 is 0 Å². The molecule has 2 aromatic rings. The van der Waals surface area contributed by atoms with Crippen LogP contribution in [0, 0.1) is 27.7 Å². The summed E-state index contributed by atoms with van der Waals surface area (Å²) in [6.45, 7) is 18.3. The number of nitrogens with one attached hydrogen (secondary N) is 1. The topological polar surface area (TPSA) is 56.9 Å². The number of aliphatic imine (C=N–C) groups is 1.